The van der Waals surface area contributed by atoms with Crippen molar-refractivity contribution >= 4 is 17.6 Å². The number of non-ortho nitro benzene ring substituents is 1. The van der Waals surface area contributed by atoms with Gasteiger partial charge in [-0.25, -0.2) is 4.79 Å². The molecule has 0 unspecified atom stereocenters. The highest BCUT2D eigenvalue weighted by Gasteiger charge is 2.20. The van der Waals surface area contributed by atoms with E-state index < -0.39 is 22.9 Å². The topological polar surface area (TPSA) is 98.5 Å². The second kappa shape index (κ2) is 8.75. The minimum absolute atomic E-state index is 0.123. The number of benzene rings is 2. The molecular formula is C19H20N2O5. The molecule has 136 valence electrons. The molecule has 0 aliphatic heterocycles. The molecule has 2 atom stereocenters. The molecule has 1 amide bonds. The molecule has 0 aromatic heterocycles. The fourth-order valence-corrected chi connectivity index (χ4v) is 2.30. The standard InChI is InChI=1S/C19H20N2O5/c1-13(15-6-4-3-5-7-15)12-20-18(22)14(2)26-19(23)16-8-10-17(11-9-16)21(24)25/h3-11,13-14H,12H2,1-2H3,(H,20,22)/t13-,14-/m0/s1. The van der Waals surface area contributed by atoms with Gasteiger partial charge in [-0.3, -0.25) is 14.9 Å². The zero-order valence-corrected chi connectivity index (χ0v) is 14.5. The van der Waals surface area contributed by atoms with Crippen LogP contribution in [0.4, 0.5) is 5.69 Å². The van der Waals surface area contributed by atoms with Crippen LogP contribution in [0.25, 0.3) is 0 Å². The lowest BCUT2D eigenvalue weighted by Gasteiger charge is -2.16. The lowest BCUT2D eigenvalue weighted by Crippen LogP contribution is -2.37. The second-order valence-electron chi connectivity index (χ2n) is 5.91. The van der Waals surface area contributed by atoms with Gasteiger partial charge in [0.25, 0.3) is 11.6 Å². The normalized spacial score (nSPS) is 12.7. The molecular weight excluding hydrogens is 336 g/mol. The van der Waals surface area contributed by atoms with Crippen LogP contribution in [-0.4, -0.2) is 29.4 Å². The molecule has 0 saturated heterocycles. The summed E-state index contributed by atoms with van der Waals surface area (Å²) in [5, 5.41) is 13.4. The molecule has 0 spiro atoms. The van der Waals surface area contributed by atoms with E-state index in [1.807, 2.05) is 37.3 Å². The summed E-state index contributed by atoms with van der Waals surface area (Å²) in [6.07, 6.45) is -0.972. The van der Waals surface area contributed by atoms with E-state index in [4.69, 9.17) is 4.74 Å². The molecule has 26 heavy (non-hydrogen) atoms. The summed E-state index contributed by atoms with van der Waals surface area (Å²) in [6, 6.07) is 14.8. The number of nitro benzene ring substituents is 1. The van der Waals surface area contributed by atoms with Crippen LogP contribution in [0.2, 0.25) is 0 Å². The van der Waals surface area contributed by atoms with E-state index in [1.165, 1.54) is 31.2 Å². The van der Waals surface area contributed by atoms with E-state index in [9.17, 15) is 19.7 Å². The van der Waals surface area contributed by atoms with E-state index in [-0.39, 0.29) is 17.2 Å². The van der Waals surface area contributed by atoms with Gasteiger partial charge in [0.2, 0.25) is 0 Å². The SMILES string of the molecule is C[C@H](OC(=O)c1ccc([N+](=O)[O-])cc1)C(=O)NC[C@H](C)c1ccccc1. The van der Waals surface area contributed by atoms with Crippen LogP contribution in [0.5, 0.6) is 0 Å². The largest absolute Gasteiger partial charge is 0.449 e. The molecule has 1 N–H and O–H groups in total. The van der Waals surface area contributed by atoms with Crippen LogP contribution in [0.1, 0.15) is 35.7 Å². The van der Waals surface area contributed by atoms with Crippen LogP contribution >= 0.6 is 0 Å². The average molecular weight is 356 g/mol. The van der Waals surface area contributed by atoms with Crippen molar-refractivity contribution in [1.82, 2.24) is 5.32 Å². The maximum atomic E-state index is 12.1. The van der Waals surface area contributed by atoms with Crippen LogP contribution < -0.4 is 5.32 Å². The highest BCUT2D eigenvalue weighted by Crippen LogP contribution is 2.14. The fraction of sp³-hybridized carbons (Fsp3) is 0.263. The van der Waals surface area contributed by atoms with Gasteiger partial charge < -0.3 is 10.1 Å². The third-order valence-corrected chi connectivity index (χ3v) is 3.92. The van der Waals surface area contributed by atoms with Gasteiger partial charge in [0.15, 0.2) is 6.10 Å². The highest BCUT2D eigenvalue weighted by molar-refractivity contribution is 5.92. The Labute approximate surface area is 151 Å². The predicted molar refractivity (Wildman–Crippen MR) is 95.8 cm³/mol. The van der Waals surface area contributed by atoms with E-state index in [2.05, 4.69) is 5.32 Å². The van der Waals surface area contributed by atoms with Gasteiger partial charge in [0.1, 0.15) is 0 Å². The molecule has 0 radical (unpaired) electrons. The van der Waals surface area contributed by atoms with Crippen molar-refractivity contribution in [2.45, 2.75) is 25.9 Å². The lowest BCUT2D eigenvalue weighted by atomic mass is 10.0. The van der Waals surface area contributed by atoms with Gasteiger partial charge in [0.05, 0.1) is 10.5 Å². The minimum Gasteiger partial charge on any atom is -0.449 e. The number of amides is 1. The van der Waals surface area contributed by atoms with Crippen molar-refractivity contribution in [2.75, 3.05) is 6.54 Å². The monoisotopic (exact) mass is 356 g/mol. The van der Waals surface area contributed by atoms with Crippen LogP contribution in [0, 0.1) is 10.1 Å². The maximum Gasteiger partial charge on any atom is 0.338 e. The number of nitrogens with one attached hydrogen (secondary N) is 1. The van der Waals surface area contributed by atoms with Crippen LogP contribution in [0.15, 0.2) is 54.6 Å². The smallest absolute Gasteiger partial charge is 0.338 e. The molecule has 0 bridgehead atoms. The number of nitro groups is 1. The highest BCUT2D eigenvalue weighted by atomic mass is 16.6. The molecule has 0 fully saturated rings. The Bertz CT molecular complexity index is 774. The molecule has 7 nitrogen and oxygen atoms in total. The van der Waals surface area contributed by atoms with Gasteiger partial charge in [-0.05, 0) is 30.5 Å². The molecule has 7 heteroatoms. The molecule has 0 saturated carbocycles. The molecule has 2 rings (SSSR count). The number of rotatable bonds is 7. The van der Waals surface area contributed by atoms with E-state index in [0.29, 0.717) is 6.54 Å². The van der Waals surface area contributed by atoms with Gasteiger partial charge in [-0.1, -0.05) is 37.3 Å². The van der Waals surface area contributed by atoms with E-state index in [1.54, 1.807) is 0 Å². The number of hydrogen-bond donors (Lipinski definition) is 1. The average Bonchev–Trinajstić information content (AvgIpc) is 2.66. The fourth-order valence-electron chi connectivity index (χ4n) is 2.30. The summed E-state index contributed by atoms with van der Waals surface area (Å²) in [5.74, 6) is -0.987. The Hall–Kier alpha value is -3.22. The summed E-state index contributed by atoms with van der Waals surface area (Å²) in [6.45, 7) is 3.89. The lowest BCUT2D eigenvalue weighted by molar-refractivity contribution is -0.384. The van der Waals surface area contributed by atoms with Gasteiger partial charge >= 0.3 is 5.97 Å². The zero-order chi connectivity index (χ0) is 19.1. The van der Waals surface area contributed by atoms with Crippen molar-refractivity contribution in [2.24, 2.45) is 0 Å². The van der Waals surface area contributed by atoms with Gasteiger partial charge in [0, 0.05) is 18.7 Å². The molecule has 0 heterocycles. The molecule has 0 aliphatic carbocycles. The van der Waals surface area contributed by atoms with Crippen LogP contribution in [0.3, 0.4) is 0 Å². The van der Waals surface area contributed by atoms with Crippen molar-refractivity contribution in [3.63, 3.8) is 0 Å². The maximum absolute atomic E-state index is 12.1. The van der Waals surface area contributed by atoms with Crippen LogP contribution in [-0.2, 0) is 9.53 Å². The first-order valence-corrected chi connectivity index (χ1v) is 8.16. The summed E-state index contributed by atoms with van der Waals surface area (Å²) in [5.41, 5.74) is 1.12. The first kappa shape index (κ1) is 19.1. The first-order valence-electron chi connectivity index (χ1n) is 8.16. The Morgan fingerprint density at radius 2 is 1.69 bits per heavy atom. The predicted octanol–water partition coefficient (Wildman–Crippen LogP) is 3.06. The number of carbonyl (C=O) groups excluding carboxylic acids is 2. The number of ether oxygens (including phenoxy) is 1. The quantitative estimate of drug-likeness (QED) is 0.467. The van der Waals surface area contributed by atoms with Gasteiger partial charge in [-0.15, -0.1) is 0 Å². The first-order chi connectivity index (χ1) is 12.4. The van der Waals surface area contributed by atoms with Crippen molar-refractivity contribution in [3.8, 4) is 0 Å². The van der Waals surface area contributed by atoms with E-state index in [0.717, 1.165) is 5.56 Å². The summed E-state index contributed by atoms with van der Waals surface area (Å²) < 4.78 is 5.12. The van der Waals surface area contributed by atoms with Crippen molar-refractivity contribution in [1.29, 1.82) is 0 Å². The molecule has 0 aliphatic rings. The van der Waals surface area contributed by atoms with Crippen molar-refractivity contribution in [3.05, 3.63) is 75.8 Å². The molecule has 2 aromatic carbocycles. The zero-order valence-electron chi connectivity index (χ0n) is 14.5. The number of esters is 1. The number of nitrogens with zero attached hydrogens (tertiary/aromatic N) is 1. The Balaban J connectivity index is 1.86. The third-order valence-electron chi connectivity index (χ3n) is 3.92. The van der Waals surface area contributed by atoms with Crippen molar-refractivity contribution < 1.29 is 19.2 Å². The number of carbonyl (C=O) groups is 2. The molecule has 2 aromatic rings. The third kappa shape index (κ3) is 5.14. The summed E-state index contributed by atoms with van der Waals surface area (Å²) in [7, 11) is 0. The second-order valence-corrected chi connectivity index (χ2v) is 5.91. The minimum atomic E-state index is -0.972. The van der Waals surface area contributed by atoms with E-state index >= 15 is 0 Å². The Morgan fingerprint density at radius 1 is 1.08 bits per heavy atom. The Kier molecular flexibility index (Phi) is 6.43. The summed E-state index contributed by atoms with van der Waals surface area (Å²) in [4.78, 5) is 34.2. The Morgan fingerprint density at radius 3 is 2.27 bits per heavy atom. The van der Waals surface area contributed by atoms with Gasteiger partial charge in [-0.2, -0.15) is 0 Å². The number of hydrogen-bond acceptors (Lipinski definition) is 5. The summed E-state index contributed by atoms with van der Waals surface area (Å²) >= 11 is 0.